The highest BCUT2D eigenvalue weighted by atomic mass is 16.3. The Hall–Kier alpha value is -0.890. The third kappa shape index (κ3) is 5.86. The van der Waals surface area contributed by atoms with Crippen LogP contribution >= 0.6 is 0 Å². The summed E-state index contributed by atoms with van der Waals surface area (Å²) in [7, 11) is 0. The first-order chi connectivity index (χ1) is 5.70. The fourth-order valence-corrected chi connectivity index (χ4v) is 0.784. The zero-order valence-corrected chi connectivity index (χ0v) is 7.71. The summed E-state index contributed by atoms with van der Waals surface area (Å²) >= 11 is 0. The van der Waals surface area contributed by atoms with Gasteiger partial charge in [0.05, 0.1) is 0 Å². The summed E-state index contributed by atoms with van der Waals surface area (Å²) in [5, 5.41) is 8.56. The standard InChI is InChI=1S/C10H16O2/c1-9(2)4-3-5-10(8-12)6-7-11/h4-5,8,11H,3,6-7H2,1-2H3. The lowest BCUT2D eigenvalue weighted by Crippen LogP contribution is -1.89. The van der Waals surface area contributed by atoms with Crippen LogP contribution in [0.4, 0.5) is 0 Å². The zero-order valence-electron chi connectivity index (χ0n) is 7.71. The van der Waals surface area contributed by atoms with Gasteiger partial charge in [-0.15, -0.1) is 0 Å². The van der Waals surface area contributed by atoms with Crippen molar-refractivity contribution in [2.24, 2.45) is 0 Å². The first kappa shape index (κ1) is 11.1. The van der Waals surface area contributed by atoms with Crippen LogP contribution in [0.1, 0.15) is 26.7 Å². The Morgan fingerprint density at radius 3 is 2.42 bits per heavy atom. The molecule has 2 heteroatoms. The lowest BCUT2D eigenvalue weighted by atomic mass is 10.1. The van der Waals surface area contributed by atoms with Crippen molar-refractivity contribution in [1.29, 1.82) is 0 Å². The number of allylic oxidation sites excluding steroid dienone is 3. The smallest absolute Gasteiger partial charge is 0.145 e. The molecule has 1 N–H and O–H groups in total. The second-order valence-electron chi connectivity index (χ2n) is 2.89. The van der Waals surface area contributed by atoms with Crippen LogP contribution in [0.25, 0.3) is 0 Å². The van der Waals surface area contributed by atoms with Gasteiger partial charge in [0, 0.05) is 6.61 Å². The Labute approximate surface area is 73.6 Å². The van der Waals surface area contributed by atoms with Gasteiger partial charge in [0.2, 0.25) is 0 Å². The molecule has 0 aromatic carbocycles. The van der Waals surface area contributed by atoms with E-state index in [1.807, 2.05) is 26.0 Å². The quantitative estimate of drug-likeness (QED) is 0.386. The van der Waals surface area contributed by atoms with Crippen LogP contribution in [0.2, 0.25) is 0 Å². The van der Waals surface area contributed by atoms with E-state index >= 15 is 0 Å². The summed E-state index contributed by atoms with van der Waals surface area (Å²) in [4.78, 5) is 10.4. The number of carbonyl (C=O) groups is 1. The molecule has 0 rings (SSSR count). The number of hydrogen-bond acceptors (Lipinski definition) is 2. The maximum Gasteiger partial charge on any atom is 0.145 e. The Morgan fingerprint density at radius 1 is 1.33 bits per heavy atom. The fraction of sp³-hybridized carbons (Fsp3) is 0.500. The molecule has 0 aromatic rings. The van der Waals surface area contributed by atoms with Gasteiger partial charge in [0.15, 0.2) is 0 Å². The van der Waals surface area contributed by atoms with E-state index in [2.05, 4.69) is 0 Å². The van der Waals surface area contributed by atoms with Gasteiger partial charge in [-0.1, -0.05) is 17.7 Å². The summed E-state index contributed by atoms with van der Waals surface area (Å²) in [5.41, 5.74) is 1.91. The van der Waals surface area contributed by atoms with Crippen molar-refractivity contribution >= 4 is 6.29 Å². The Bertz CT molecular complexity index is 186. The summed E-state index contributed by atoms with van der Waals surface area (Å²) in [6.45, 7) is 4.07. The lowest BCUT2D eigenvalue weighted by molar-refractivity contribution is -0.105. The molecule has 0 amide bonds. The van der Waals surface area contributed by atoms with Crippen molar-refractivity contribution in [3.05, 3.63) is 23.3 Å². The van der Waals surface area contributed by atoms with Crippen molar-refractivity contribution in [3.8, 4) is 0 Å². The molecule has 0 bridgehead atoms. The third-order valence-corrected chi connectivity index (χ3v) is 1.46. The molecule has 2 nitrogen and oxygen atoms in total. The predicted octanol–water partition coefficient (Wildman–Crippen LogP) is 1.85. The molecule has 0 spiro atoms. The molecular formula is C10H16O2. The van der Waals surface area contributed by atoms with E-state index in [0.717, 1.165) is 12.7 Å². The Kier molecular flexibility index (Phi) is 6.29. The van der Waals surface area contributed by atoms with E-state index in [9.17, 15) is 4.79 Å². The van der Waals surface area contributed by atoms with Crippen LogP contribution < -0.4 is 0 Å². The number of hydrogen-bond donors (Lipinski definition) is 1. The highest BCUT2D eigenvalue weighted by molar-refractivity contribution is 5.73. The maximum atomic E-state index is 10.4. The van der Waals surface area contributed by atoms with Crippen LogP contribution in [0, 0.1) is 0 Å². The summed E-state index contributed by atoms with van der Waals surface area (Å²) in [6.07, 6.45) is 5.92. The Morgan fingerprint density at radius 2 is 2.00 bits per heavy atom. The van der Waals surface area contributed by atoms with Crippen molar-refractivity contribution in [1.82, 2.24) is 0 Å². The van der Waals surface area contributed by atoms with Crippen molar-refractivity contribution < 1.29 is 9.90 Å². The molecule has 0 radical (unpaired) electrons. The molecular weight excluding hydrogens is 152 g/mol. The van der Waals surface area contributed by atoms with Crippen molar-refractivity contribution in [3.63, 3.8) is 0 Å². The lowest BCUT2D eigenvalue weighted by Gasteiger charge is -1.94. The van der Waals surface area contributed by atoms with Crippen molar-refractivity contribution in [2.75, 3.05) is 6.61 Å². The average molecular weight is 168 g/mol. The number of rotatable bonds is 5. The molecule has 0 saturated heterocycles. The molecule has 0 fully saturated rings. The molecule has 0 aliphatic rings. The molecule has 0 saturated carbocycles. The van der Waals surface area contributed by atoms with Crippen molar-refractivity contribution in [2.45, 2.75) is 26.7 Å². The van der Waals surface area contributed by atoms with Gasteiger partial charge >= 0.3 is 0 Å². The number of aliphatic hydroxyl groups excluding tert-OH is 1. The largest absolute Gasteiger partial charge is 0.396 e. The van der Waals surface area contributed by atoms with Crippen LogP contribution in [-0.4, -0.2) is 18.0 Å². The van der Waals surface area contributed by atoms with Gasteiger partial charge in [0.1, 0.15) is 6.29 Å². The van der Waals surface area contributed by atoms with Crippen LogP contribution in [-0.2, 0) is 4.79 Å². The second-order valence-corrected chi connectivity index (χ2v) is 2.89. The van der Waals surface area contributed by atoms with E-state index < -0.39 is 0 Å². The highest BCUT2D eigenvalue weighted by Gasteiger charge is 1.91. The van der Waals surface area contributed by atoms with Gasteiger partial charge in [-0.2, -0.15) is 0 Å². The molecule has 0 unspecified atom stereocenters. The van der Waals surface area contributed by atoms with Gasteiger partial charge in [-0.05, 0) is 32.3 Å². The Balaban J connectivity index is 3.94. The van der Waals surface area contributed by atoms with Crippen LogP contribution in [0.15, 0.2) is 23.3 Å². The molecule has 0 heterocycles. The van der Waals surface area contributed by atoms with E-state index in [-0.39, 0.29) is 6.61 Å². The molecule has 0 atom stereocenters. The molecule has 68 valence electrons. The van der Waals surface area contributed by atoms with Gasteiger partial charge in [0.25, 0.3) is 0 Å². The third-order valence-electron chi connectivity index (χ3n) is 1.46. The minimum atomic E-state index is 0.0411. The summed E-state index contributed by atoms with van der Waals surface area (Å²) in [5.74, 6) is 0. The van der Waals surface area contributed by atoms with E-state index in [4.69, 9.17) is 5.11 Å². The minimum absolute atomic E-state index is 0.0411. The highest BCUT2D eigenvalue weighted by Crippen LogP contribution is 2.01. The van der Waals surface area contributed by atoms with Gasteiger partial charge in [-0.3, -0.25) is 4.79 Å². The molecule has 0 aliphatic heterocycles. The second kappa shape index (κ2) is 6.80. The first-order valence-electron chi connectivity index (χ1n) is 4.09. The zero-order chi connectivity index (χ0) is 9.40. The summed E-state index contributed by atoms with van der Waals surface area (Å²) in [6, 6.07) is 0. The van der Waals surface area contributed by atoms with E-state index in [0.29, 0.717) is 12.0 Å². The molecule has 0 aromatic heterocycles. The number of aliphatic hydroxyl groups is 1. The van der Waals surface area contributed by atoms with Gasteiger partial charge < -0.3 is 5.11 Å². The topological polar surface area (TPSA) is 37.3 Å². The monoisotopic (exact) mass is 168 g/mol. The summed E-state index contributed by atoms with van der Waals surface area (Å²) < 4.78 is 0. The number of aldehydes is 1. The normalized spacial score (nSPS) is 11.1. The predicted molar refractivity (Wildman–Crippen MR) is 49.9 cm³/mol. The SMILES string of the molecule is CC(C)=CCC=C(C=O)CCO. The molecule has 12 heavy (non-hydrogen) atoms. The minimum Gasteiger partial charge on any atom is -0.396 e. The van der Waals surface area contributed by atoms with E-state index in [1.54, 1.807) is 0 Å². The van der Waals surface area contributed by atoms with Crippen LogP contribution in [0.5, 0.6) is 0 Å². The maximum absolute atomic E-state index is 10.4. The van der Waals surface area contributed by atoms with E-state index in [1.165, 1.54) is 5.57 Å². The average Bonchev–Trinajstić information content (AvgIpc) is 2.02. The number of carbonyl (C=O) groups excluding carboxylic acids is 1. The van der Waals surface area contributed by atoms with Crippen LogP contribution in [0.3, 0.4) is 0 Å². The van der Waals surface area contributed by atoms with Gasteiger partial charge in [-0.25, -0.2) is 0 Å². The first-order valence-corrected chi connectivity index (χ1v) is 4.09. The molecule has 0 aliphatic carbocycles. The fourth-order valence-electron chi connectivity index (χ4n) is 0.784.